The highest BCUT2D eigenvalue weighted by molar-refractivity contribution is 5.97. The number of nitrogens with one attached hydrogen (secondary N) is 1. The van der Waals surface area contributed by atoms with Gasteiger partial charge in [-0.15, -0.1) is 0 Å². The Morgan fingerprint density at radius 3 is 2.79 bits per heavy atom. The summed E-state index contributed by atoms with van der Waals surface area (Å²) in [5, 5.41) is 20.5. The summed E-state index contributed by atoms with van der Waals surface area (Å²) in [7, 11) is 0. The lowest BCUT2D eigenvalue weighted by Crippen LogP contribution is -2.47. The van der Waals surface area contributed by atoms with Gasteiger partial charge in [-0.2, -0.15) is 0 Å². The van der Waals surface area contributed by atoms with Gasteiger partial charge in [0.2, 0.25) is 0 Å². The highest BCUT2D eigenvalue weighted by atomic mass is 16.5. The van der Waals surface area contributed by atoms with Crippen LogP contribution in [0.25, 0.3) is 0 Å². The zero-order valence-electron chi connectivity index (χ0n) is 10.4. The maximum Gasteiger partial charge on any atom is 0.328 e. The first-order valence-corrected chi connectivity index (χ1v) is 5.96. The van der Waals surface area contributed by atoms with Crippen molar-refractivity contribution in [2.75, 3.05) is 6.61 Å². The monoisotopic (exact) mass is 265 g/mol. The largest absolute Gasteiger partial charge is 0.493 e. The van der Waals surface area contributed by atoms with Crippen LogP contribution >= 0.6 is 0 Å². The second-order valence-corrected chi connectivity index (χ2v) is 4.45. The van der Waals surface area contributed by atoms with Crippen molar-refractivity contribution in [3.63, 3.8) is 0 Å². The van der Waals surface area contributed by atoms with E-state index in [0.29, 0.717) is 12.2 Å². The molecular weight excluding hydrogens is 250 g/mol. The quantitative estimate of drug-likeness (QED) is 0.722. The number of carboxylic acid groups (broad SMARTS) is 1. The Morgan fingerprint density at radius 1 is 1.42 bits per heavy atom. The van der Waals surface area contributed by atoms with E-state index in [1.165, 1.54) is 6.92 Å². The van der Waals surface area contributed by atoms with Crippen LogP contribution < -0.4 is 10.1 Å². The fraction of sp³-hybridized carbons (Fsp3) is 0.385. The molecule has 1 aliphatic heterocycles. The van der Waals surface area contributed by atoms with Crippen molar-refractivity contribution >= 4 is 11.9 Å². The Balaban J connectivity index is 2.13. The molecule has 0 saturated carbocycles. The van der Waals surface area contributed by atoms with Gasteiger partial charge in [0, 0.05) is 12.0 Å². The van der Waals surface area contributed by atoms with E-state index in [4.69, 9.17) is 9.84 Å². The highest BCUT2D eigenvalue weighted by Gasteiger charge is 2.26. The second-order valence-electron chi connectivity index (χ2n) is 4.45. The van der Waals surface area contributed by atoms with Crippen molar-refractivity contribution in [1.82, 2.24) is 5.32 Å². The van der Waals surface area contributed by atoms with E-state index in [9.17, 15) is 14.7 Å². The van der Waals surface area contributed by atoms with Crippen LogP contribution in [0.1, 0.15) is 22.8 Å². The molecule has 1 aliphatic rings. The number of benzene rings is 1. The molecule has 2 atom stereocenters. The van der Waals surface area contributed by atoms with Crippen LogP contribution in [0, 0.1) is 0 Å². The van der Waals surface area contributed by atoms with Gasteiger partial charge < -0.3 is 20.3 Å². The van der Waals surface area contributed by atoms with Gasteiger partial charge in [-0.3, -0.25) is 4.79 Å². The molecule has 6 heteroatoms. The standard InChI is InChI=1S/C13H15NO5/c1-7(15)11(13(17)18)14-12(16)9-2-3-10-8(6-9)4-5-19-10/h2-3,6-7,11,15H,4-5H2,1H3,(H,14,16)(H,17,18). The van der Waals surface area contributed by atoms with E-state index in [1.54, 1.807) is 18.2 Å². The molecular formula is C13H15NO5. The predicted molar refractivity (Wildman–Crippen MR) is 66.2 cm³/mol. The minimum atomic E-state index is -1.32. The fourth-order valence-corrected chi connectivity index (χ4v) is 1.94. The molecule has 102 valence electrons. The molecule has 0 spiro atoms. The minimum absolute atomic E-state index is 0.358. The minimum Gasteiger partial charge on any atom is -0.493 e. The number of fused-ring (bicyclic) bond motifs is 1. The molecule has 2 rings (SSSR count). The van der Waals surface area contributed by atoms with Crippen LogP contribution in [0.4, 0.5) is 0 Å². The Morgan fingerprint density at radius 2 is 2.16 bits per heavy atom. The maximum atomic E-state index is 11.9. The number of carbonyl (C=O) groups excluding carboxylic acids is 1. The van der Waals surface area contributed by atoms with Crippen LogP contribution in [0.2, 0.25) is 0 Å². The number of rotatable bonds is 4. The molecule has 0 aromatic heterocycles. The molecule has 1 amide bonds. The first-order valence-electron chi connectivity index (χ1n) is 5.96. The summed E-state index contributed by atoms with van der Waals surface area (Å²) in [6, 6.07) is 3.62. The van der Waals surface area contributed by atoms with Crippen molar-refractivity contribution in [2.45, 2.75) is 25.5 Å². The zero-order chi connectivity index (χ0) is 14.0. The third kappa shape index (κ3) is 2.85. The van der Waals surface area contributed by atoms with Crippen molar-refractivity contribution in [1.29, 1.82) is 0 Å². The van der Waals surface area contributed by atoms with Crippen molar-refractivity contribution in [3.05, 3.63) is 29.3 Å². The number of hydrogen-bond donors (Lipinski definition) is 3. The summed E-state index contributed by atoms with van der Waals surface area (Å²) in [5.41, 5.74) is 1.28. The van der Waals surface area contributed by atoms with E-state index >= 15 is 0 Å². The summed E-state index contributed by atoms with van der Waals surface area (Å²) in [6.45, 7) is 1.90. The number of hydrogen-bond acceptors (Lipinski definition) is 4. The number of aliphatic hydroxyl groups excluding tert-OH is 1. The Labute approximate surface area is 110 Å². The van der Waals surface area contributed by atoms with E-state index in [-0.39, 0.29) is 0 Å². The average Bonchev–Trinajstić information content (AvgIpc) is 2.81. The molecule has 0 aliphatic carbocycles. The molecule has 19 heavy (non-hydrogen) atoms. The molecule has 1 aromatic carbocycles. The lowest BCUT2D eigenvalue weighted by Gasteiger charge is -2.17. The van der Waals surface area contributed by atoms with Crippen LogP contribution in [-0.4, -0.2) is 40.8 Å². The first kappa shape index (κ1) is 13.4. The van der Waals surface area contributed by atoms with Gasteiger partial charge in [0.05, 0.1) is 12.7 Å². The van der Waals surface area contributed by atoms with Crippen LogP contribution in [0.3, 0.4) is 0 Å². The Bertz CT molecular complexity index is 512. The molecule has 1 heterocycles. The molecule has 0 radical (unpaired) electrons. The lowest BCUT2D eigenvalue weighted by molar-refractivity contribution is -0.141. The fourth-order valence-electron chi connectivity index (χ4n) is 1.94. The summed E-state index contributed by atoms with van der Waals surface area (Å²) in [4.78, 5) is 22.8. The van der Waals surface area contributed by atoms with E-state index in [2.05, 4.69) is 5.32 Å². The molecule has 1 aromatic rings. The van der Waals surface area contributed by atoms with Crippen molar-refractivity contribution in [2.24, 2.45) is 0 Å². The lowest BCUT2D eigenvalue weighted by atomic mass is 10.1. The Hall–Kier alpha value is -2.08. The third-order valence-electron chi connectivity index (χ3n) is 2.99. The summed E-state index contributed by atoms with van der Waals surface area (Å²) >= 11 is 0. The second kappa shape index (κ2) is 5.27. The van der Waals surface area contributed by atoms with E-state index in [0.717, 1.165) is 17.7 Å². The third-order valence-corrected chi connectivity index (χ3v) is 2.99. The van der Waals surface area contributed by atoms with Gasteiger partial charge in [-0.05, 0) is 30.7 Å². The van der Waals surface area contributed by atoms with Gasteiger partial charge in [0.25, 0.3) is 5.91 Å². The van der Waals surface area contributed by atoms with Gasteiger partial charge >= 0.3 is 5.97 Å². The van der Waals surface area contributed by atoms with Crippen LogP contribution in [0.15, 0.2) is 18.2 Å². The van der Waals surface area contributed by atoms with Gasteiger partial charge in [0.15, 0.2) is 6.04 Å². The molecule has 0 saturated heterocycles. The molecule has 3 N–H and O–H groups in total. The summed E-state index contributed by atoms with van der Waals surface area (Å²) < 4.78 is 5.32. The van der Waals surface area contributed by atoms with E-state index in [1.807, 2.05) is 0 Å². The maximum absolute atomic E-state index is 11.9. The number of ether oxygens (including phenoxy) is 1. The predicted octanol–water partition coefficient (Wildman–Crippen LogP) is 0.185. The molecule has 6 nitrogen and oxygen atoms in total. The molecule has 0 bridgehead atoms. The van der Waals surface area contributed by atoms with Crippen molar-refractivity contribution in [3.8, 4) is 5.75 Å². The highest BCUT2D eigenvalue weighted by Crippen LogP contribution is 2.25. The summed E-state index contributed by atoms with van der Waals surface area (Å²) in [5.74, 6) is -1.04. The van der Waals surface area contributed by atoms with Crippen LogP contribution in [0.5, 0.6) is 5.75 Å². The SMILES string of the molecule is CC(O)C(NC(=O)c1ccc2c(c1)CCO2)C(=O)O. The number of aliphatic hydroxyl groups is 1. The summed E-state index contributed by atoms with van der Waals surface area (Å²) in [6.07, 6.45) is -0.436. The number of carbonyl (C=O) groups is 2. The van der Waals surface area contributed by atoms with Gasteiger partial charge in [-0.25, -0.2) is 4.79 Å². The van der Waals surface area contributed by atoms with Gasteiger partial charge in [-0.1, -0.05) is 0 Å². The average molecular weight is 265 g/mol. The Kier molecular flexibility index (Phi) is 3.71. The molecule has 2 unspecified atom stereocenters. The van der Waals surface area contributed by atoms with E-state index < -0.39 is 24.0 Å². The first-order chi connectivity index (χ1) is 8.99. The molecule has 0 fully saturated rings. The van der Waals surface area contributed by atoms with Gasteiger partial charge in [0.1, 0.15) is 5.75 Å². The normalized spacial score (nSPS) is 16.1. The zero-order valence-corrected chi connectivity index (χ0v) is 10.4. The number of amides is 1. The van der Waals surface area contributed by atoms with Crippen LogP contribution in [-0.2, 0) is 11.2 Å². The smallest absolute Gasteiger partial charge is 0.328 e. The van der Waals surface area contributed by atoms with Crippen molar-refractivity contribution < 1.29 is 24.5 Å². The number of carboxylic acids is 1. The topological polar surface area (TPSA) is 95.9 Å². The number of aliphatic carboxylic acids is 1.